The summed E-state index contributed by atoms with van der Waals surface area (Å²) in [5, 5.41) is 2.25. The van der Waals surface area contributed by atoms with Crippen molar-refractivity contribution in [1.29, 1.82) is 0 Å². The molecule has 0 saturated heterocycles. The van der Waals surface area contributed by atoms with Gasteiger partial charge in [0, 0.05) is 13.5 Å². The fraction of sp³-hybridized carbons (Fsp3) is 0.467. The van der Waals surface area contributed by atoms with Crippen molar-refractivity contribution in [3.63, 3.8) is 0 Å². The van der Waals surface area contributed by atoms with Crippen molar-refractivity contribution < 1.29 is 14.8 Å². The Kier molecular flexibility index (Phi) is 7.93. The maximum absolute atomic E-state index is 5.80. The van der Waals surface area contributed by atoms with Gasteiger partial charge < -0.3 is 14.8 Å². The summed E-state index contributed by atoms with van der Waals surface area (Å²) in [4.78, 5) is 0. The molecule has 0 bridgehead atoms. The average Bonchev–Trinajstić information content (AvgIpc) is 2.40. The number of hydrogen-bond donors (Lipinski definition) is 1. The van der Waals surface area contributed by atoms with Crippen LogP contribution in [-0.4, -0.2) is 33.4 Å². The molecule has 18 heavy (non-hydrogen) atoms. The summed E-state index contributed by atoms with van der Waals surface area (Å²) < 4.78 is 10.8. The number of para-hydroxylation sites is 1. The molecule has 0 unspecified atom stereocenters. The Morgan fingerprint density at radius 3 is 2.83 bits per heavy atom. The number of nitrogens with two attached hydrogens (primary N) is 1. The Morgan fingerprint density at radius 2 is 2.06 bits per heavy atom. The monoisotopic (exact) mass is 250 g/mol. The summed E-state index contributed by atoms with van der Waals surface area (Å²) in [5.74, 6) is 0.981. The van der Waals surface area contributed by atoms with Gasteiger partial charge in [-0.05, 0) is 18.1 Å². The summed E-state index contributed by atoms with van der Waals surface area (Å²) >= 11 is 0. The standard InChI is InChI=1S/C15H23NO2/c1-3-7-14-8-4-5-9-15(14)18-12-6-10-16-11-13-17-2/h3-5,8-9,16H,1,6-7,10-13H2,2H3/p+1. The zero-order valence-electron chi connectivity index (χ0n) is 11.2. The summed E-state index contributed by atoms with van der Waals surface area (Å²) in [5.41, 5.74) is 1.20. The molecule has 0 saturated carbocycles. The van der Waals surface area contributed by atoms with E-state index in [-0.39, 0.29) is 0 Å². The molecule has 0 radical (unpaired) electrons. The molecule has 0 fully saturated rings. The molecule has 0 aromatic heterocycles. The SMILES string of the molecule is C=CCc1ccccc1OCCC[NH2+]CCOC. The van der Waals surface area contributed by atoms with Crippen LogP contribution < -0.4 is 10.1 Å². The van der Waals surface area contributed by atoms with E-state index in [1.165, 1.54) is 5.56 Å². The predicted molar refractivity (Wildman–Crippen MR) is 74.0 cm³/mol. The number of methoxy groups -OCH3 is 1. The third-order valence-electron chi connectivity index (χ3n) is 2.67. The lowest BCUT2D eigenvalue weighted by molar-refractivity contribution is -0.656. The third kappa shape index (κ3) is 5.84. The maximum Gasteiger partial charge on any atom is 0.122 e. The van der Waals surface area contributed by atoms with Crippen molar-refractivity contribution in [2.45, 2.75) is 12.8 Å². The van der Waals surface area contributed by atoms with E-state index in [1.54, 1.807) is 7.11 Å². The molecule has 2 N–H and O–H groups in total. The van der Waals surface area contributed by atoms with Crippen LogP contribution in [0.3, 0.4) is 0 Å². The van der Waals surface area contributed by atoms with Crippen molar-refractivity contribution in [1.82, 2.24) is 0 Å². The van der Waals surface area contributed by atoms with Crippen LogP contribution in [0.15, 0.2) is 36.9 Å². The van der Waals surface area contributed by atoms with E-state index in [9.17, 15) is 0 Å². The van der Waals surface area contributed by atoms with Gasteiger partial charge in [-0.1, -0.05) is 24.3 Å². The van der Waals surface area contributed by atoms with E-state index in [0.717, 1.165) is 44.9 Å². The molecule has 0 aliphatic heterocycles. The first kappa shape index (κ1) is 14.7. The lowest BCUT2D eigenvalue weighted by Gasteiger charge is -2.09. The minimum atomic E-state index is 0.762. The lowest BCUT2D eigenvalue weighted by atomic mass is 10.1. The second-order valence-corrected chi connectivity index (χ2v) is 4.16. The molecule has 0 amide bonds. The Balaban J connectivity index is 2.20. The highest BCUT2D eigenvalue weighted by Crippen LogP contribution is 2.18. The highest BCUT2D eigenvalue weighted by Gasteiger charge is 2.01. The molecule has 100 valence electrons. The van der Waals surface area contributed by atoms with E-state index in [1.807, 2.05) is 24.3 Å². The van der Waals surface area contributed by atoms with Gasteiger partial charge >= 0.3 is 0 Å². The molecule has 1 rings (SSSR count). The van der Waals surface area contributed by atoms with Crippen LogP contribution >= 0.6 is 0 Å². The number of quaternary nitrogens is 1. The molecule has 1 aromatic carbocycles. The molecule has 0 spiro atoms. The van der Waals surface area contributed by atoms with Crippen LogP contribution in [0.4, 0.5) is 0 Å². The lowest BCUT2D eigenvalue weighted by Crippen LogP contribution is -2.85. The smallest absolute Gasteiger partial charge is 0.122 e. The number of allylic oxidation sites excluding steroid dienone is 1. The fourth-order valence-electron chi connectivity index (χ4n) is 1.72. The van der Waals surface area contributed by atoms with E-state index >= 15 is 0 Å². The third-order valence-corrected chi connectivity index (χ3v) is 2.67. The predicted octanol–water partition coefficient (Wildman–Crippen LogP) is 1.39. The van der Waals surface area contributed by atoms with E-state index in [2.05, 4.69) is 18.0 Å². The normalized spacial score (nSPS) is 10.3. The zero-order chi connectivity index (χ0) is 13.1. The van der Waals surface area contributed by atoms with Gasteiger partial charge in [-0.25, -0.2) is 0 Å². The number of rotatable bonds is 10. The van der Waals surface area contributed by atoms with Gasteiger partial charge in [0.15, 0.2) is 0 Å². The largest absolute Gasteiger partial charge is 0.493 e. The summed E-state index contributed by atoms with van der Waals surface area (Å²) in [7, 11) is 1.73. The van der Waals surface area contributed by atoms with Crippen LogP contribution in [0.1, 0.15) is 12.0 Å². The molecule has 1 aromatic rings. The molecule has 3 heteroatoms. The molecule has 0 atom stereocenters. The van der Waals surface area contributed by atoms with Crippen LogP contribution in [0, 0.1) is 0 Å². The molecule has 0 aliphatic rings. The van der Waals surface area contributed by atoms with Crippen molar-refractivity contribution in [3.8, 4) is 5.75 Å². The number of ether oxygens (including phenoxy) is 2. The number of benzene rings is 1. The Bertz CT molecular complexity index is 339. The molecule has 3 nitrogen and oxygen atoms in total. The van der Waals surface area contributed by atoms with Crippen LogP contribution in [0.25, 0.3) is 0 Å². The van der Waals surface area contributed by atoms with Gasteiger partial charge in [0.05, 0.1) is 26.3 Å². The highest BCUT2D eigenvalue weighted by molar-refractivity contribution is 5.34. The second-order valence-electron chi connectivity index (χ2n) is 4.16. The van der Waals surface area contributed by atoms with Gasteiger partial charge in [0.2, 0.25) is 0 Å². The molecule has 0 aliphatic carbocycles. The average molecular weight is 250 g/mol. The topological polar surface area (TPSA) is 35.1 Å². The molecular weight excluding hydrogens is 226 g/mol. The zero-order valence-corrected chi connectivity index (χ0v) is 11.2. The minimum Gasteiger partial charge on any atom is -0.493 e. The maximum atomic E-state index is 5.80. The van der Waals surface area contributed by atoms with Crippen molar-refractivity contribution >= 4 is 0 Å². The summed E-state index contributed by atoms with van der Waals surface area (Å²) in [6.07, 6.45) is 3.81. The van der Waals surface area contributed by atoms with Gasteiger partial charge in [-0.2, -0.15) is 0 Å². The van der Waals surface area contributed by atoms with E-state index in [0.29, 0.717) is 0 Å². The first-order valence-electron chi connectivity index (χ1n) is 6.50. The Hall–Kier alpha value is -1.32. The van der Waals surface area contributed by atoms with Crippen molar-refractivity contribution in [3.05, 3.63) is 42.5 Å². The second kappa shape index (κ2) is 9.68. The first-order valence-corrected chi connectivity index (χ1v) is 6.50. The minimum absolute atomic E-state index is 0.762. The Morgan fingerprint density at radius 1 is 1.22 bits per heavy atom. The van der Waals surface area contributed by atoms with Gasteiger partial charge in [0.1, 0.15) is 5.75 Å². The molecule has 0 heterocycles. The summed E-state index contributed by atoms with van der Waals surface area (Å²) in [6, 6.07) is 8.14. The fourth-order valence-corrected chi connectivity index (χ4v) is 1.72. The highest BCUT2D eigenvalue weighted by atomic mass is 16.5. The Labute approximate surface area is 110 Å². The quantitative estimate of drug-likeness (QED) is 0.503. The van der Waals surface area contributed by atoms with Crippen LogP contribution in [0.2, 0.25) is 0 Å². The molecular formula is C15H24NO2+. The summed E-state index contributed by atoms with van der Waals surface area (Å²) in [6.45, 7) is 7.43. The van der Waals surface area contributed by atoms with Crippen LogP contribution in [-0.2, 0) is 11.2 Å². The van der Waals surface area contributed by atoms with Gasteiger partial charge in [-0.15, -0.1) is 6.58 Å². The van der Waals surface area contributed by atoms with Gasteiger partial charge in [-0.3, -0.25) is 0 Å². The van der Waals surface area contributed by atoms with E-state index in [4.69, 9.17) is 9.47 Å². The van der Waals surface area contributed by atoms with E-state index < -0.39 is 0 Å². The van der Waals surface area contributed by atoms with Crippen molar-refractivity contribution in [2.24, 2.45) is 0 Å². The van der Waals surface area contributed by atoms with Crippen molar-refractivity contribution in [2.75, 3.05) is 33.4 Å². The first-order chi connectivity index (χ1) is 8.88. The number of hydrogen-bond acceptors (Lipinski definition) is 2. The van der Waals surface area contributed by atoms with Crippen LogP contribution in [0.5, 0.6) is 5.75 Å². The van der Waals surface area contributed by atoms with Gasteiger partial charge in [0.25, 0.3) is 0 Å².